The predicted molar refractivity (Wildman–Crippen MR) is 127 cm³/mol. The quantitative estimate of drug-likeness (QED) is 0.293. The summed E-state index contributed by atoms with van der Waals surface area (Å²) in [5.74, 6) is 2.10. The molecule has 1 N–H and O–H groups in total. The van der Waals surface area contributed by atoms with E-state index in [1.165, 1.54) is 49.7 Å². The maximum Gasteiger partial charge on any atom is 0.228 e. The molecule has 0 aromatic heterocycles. The highest BCUT2D eigenvalue weighted by molar-refractivity contribution is 5.96. The van der Waals surface area contributed by atoms with Gasteiger partial charge in [0.05, 0.1) is 21.3 Å². The molecule has 2 atom stereocenters. The van der Waals surface area contributed by atoms with Gasteiger partial charge in [-0.15, -0.1) is 0 Å². The van der Waals surface area contributed by atoms with Gasteiger partial charge in [-0.25, -0.2) is 0 Å². The first kappa shape index (κ1) is 25.1. The zero-order chi connectivity index (χ0) is 22.8. The number of benzene rings is 1. The summed E-state index contributed by atoms with van der Waals surface area (Å²) in [6.45, 7) is 6.62. The molecule has 0 spiro atoms. The molecule has 0 saturated heterocycles. The minimum atomic E-state index is -0.0316. The fraction of sp³-hybridized carbons (Fsp3) is 0.654. The van der Waals surface area contributed by atoms with Crippen molar-refractivity contribution >= 4 is 11.6 Å². The van der Waals surface area contributed by atoms with Crippen LogP contribution >= 0.6 is 0 Å². The number of unbranched alkanes of at least 4 members (excludes halogenated alkanes) is 5. The van der Waals surface area contributed by atoms with Gasteiger partial charge in [0, 0.05) is 18.1 Å². The molecule has 1 aliphatic rings. The minimum absolute atomic E-state index is 0.0316. The maximum absolute atomic E-state index is 13.4. The molecule has 1 amide bonds. The lowest BCUT2D eigenvalue weighted by atomic mass is 9.74. The average molecular weight is 432 g/mol. The lowest BCUT2D eigenvalue weighted by Crippen LogP contribution is -2.32. The van der Waals surface area contributed by atoms with Crippen LogP contribution in [0.4, 0.5) is 5.69 Å². The summed E-state index contributed by atoms with van der Waals surface area (Å²) in [7, 11) is 4.77. The van der Waals surface area contributed by atoms with Gasteiger partial charge in [0.15, 0.2) is 0 Å². The third-order valence-electron chi connectivity index (χ3n) is 6.62. The van der Waals surface area contributed by atoms with E-state index < -0.39 is 0 Å². The normalized spacial score (nSPS) is 18.6. The Kier molecular flexibility index (Phi) is 10.2. The van der Waals surface area contributed by atoms with Crippen LogP contribution in [0, 0.1) is 11.8 Å². The number of carbonyl (C=O) groups is 1. The Morgan fingerprint density at radius 2 is 1.48 bits per heavy atom. The molecule has 5 nitrogen and oxygen atoms in total. The van der Waals surface area contributed by atoms with Crippen LogP contribution in [-0.2, 0) is 4.79 Å². The van der Waals surface area contributed by atoms with Gasteiger partial charge >= 0.3 is 0 Å². The molecule has 2 unspecified atom stereocenters. The minimum Gasteiger partial charge on any atom is -0.496 e. The highest BCUT2D eigenvalue weighted by Crippen LogP contribution is 2.42. The fourth-order valence-corrected chi connectivity index (χ4v) is 4.52. The van der Waals surface area contributed by atoms with Crippen molar-refractivity contribution in [2.75, 3.05) is 26.6 Å². The van der Waals surface area contributed by atoms with Gasteiger partial charge in [-0.05, 0) is 39.0 Å². The molecule has 0 bridgehead atoms. The van der Waals surface area contributed by atoms with E-state index in [0.29, 0.717) is 28.9 Å². The van der Waals surface area contributed by atoms with Crippen molar-refractivity contribution in [1.82, 2.24) is 0 Å². The molecule has 1 aromatic carbocycles. The average Bonchev–Trinajstić information content (AvgIpc) is 2.78. The largest absolute Gasteiger partial charge is 0.496 e. The first-order valence-electron chi connectivity index (χ1n) is 11.7. The number of carbonyl (C=O) groups excluding carboxylic acids is 1. The van der Waals surface area contributed by atoms with Gasteiger partial charge < -0.3 is 19.5 Å². The standard InChI is InChI=1S/C26H41NO4/c1-7-8-9-10-11-12-13-20-14-18(2)19(3)15-22(20)26(28)27-25-23(30-5)16-21(29-4)17-24(25)31-6/h16-17,20,22H,7-15H2,1-6H3,(H,27,28). The molecule has 2 rings (SSSR count). The number of anilines is 1. The molecule has 0 fully saturated rings. The van der Waals surface area contributed by atoms with Crippen molar-refractivity contribution in [3.05, 3.63) is 23.3 Å². The Morgan fingerprint density at radius 1 is 0.903 bits per heavy atom. The summed E-state index contributed by atoms with van der Waals surface area (Å²) >= 11 is 0. The number of hydrogen-bond donors (Lipinski definition) is 1. The molecular weight excluding hydrogens is 390 g/mol. The first-order chi connectivity index (χ1) is 14.9. The molecule has 0 aliphatic heterocycles. The lowest BCUT2D eigenvalue weighted by molar-refractivity contribution is -0.121. The lowest BCUT2D eigenvalue weighted by Gasteiger charge is -2.32. The first-order valence-corrected chi connectivity index (χ1v) is 11.7. The smallest absolute Gasteiger partial charge is 0.228 e. The Hall–Kier alpha value is -2.17. The number of allylic oxidation sites excluding steroid dienone is 2. The van der Waals surface area contributed by atoms with Gasteiger partial charge in [0.2, 0.25) is 5.91 Å². The van der Waals surface area contributed by atoms with E-state index in [9.17, 15) is 4.79 Å². The number of ether oxygens (including phenoxy) is 3. The van der Waals surface area contributed by atoms with Crippen LogP contribution in [0.5, 0.6) is 17.2 Å². The fourth-order valence-electron chi connectivity index (χ4n) is 4.52. The van der Waals surface area contributed by atoms with Crippen LogP contribution < -0.4 is 19.5 Å². The summed E-state index contributed by atoms with van der Waals surface area (Å²) in [5.41, 5.74) is 3.35. The molecule has 0 saturated carbocycles. The Balaban J connectivity index is 2.13. The van der Waals surface area contributed by atoms with Gasteiger partial charge in [0.25, 0.3) is 0 Å². The Bertz CT molecular complexity index is 731. The van der Waals surface area contributed by atoms with Crippen LogP contribution in [0.25, 0.3) is 0 Å². The monoisotopic (exact) mass is 431 g/mol. The second-order valence-corrected chi connectivity index (χ2v) is 8.79. The van der Waals surface area contributed by atoms with E-state index in [4.69, 9.17) is 14.2 Å². The molecule has 0 radical (unpaired) electrons. The van der Waals surface area contributed by atoms with E-state index in [2.05, 4.69) is 26.1 Å². The highest BCUT2D eigenvalue weighted by atomic mass is 16.5. The van der Waals surface area contributed by atoms with Gasteiger partial charge in [0.1, 0.15) is 22.9 Å². The summed E-state index contributed by atoms with van der Waals surface area (Å²) in [6.07, 6.45) is 10.6. The molecule has 0 heterocycles. The SMILES string of the molecule is CCCCCCCCC1CC(C)=C(C)CC1C(=O)Nc1c(OC)cc(OC)cc1OC. The second kappa shape index (κ2) is 12.6. The summed E-state index contributed by atoms with van der Waals surface area (Å²) < 4.78 is 16.3. The molecular formula is C26H41NO4. The molecule has 5 heteroatoms. The molecule has 31 heavy (non-hydrogen) atoms. The van der Waals surface area contributed by atoms with Crippen molar-refractivity contribution in [3.63, 3.8) is 0 Å². The second-order valence-electron chi connectivity index (χ2n) is 8.79. The van der Waals surface area contributed by atoms with Crippen molar-refractivity contribution in [2.24, 2.45) is 11.8 Å². The summed E-state index contributed by atoms with van der Waals surface area (Å²) in [5, 5.41) is 3.12. The van der Waals surface area contributed by atoms with Gasteiger partial charge in [-0.1, -0.05) is 56.6 Å². The predicted octanol–water partition coefficient (Wildman–Crippen LogP) is 6.76. The van der Waals surface area contributed by atoms with Crippen LogP contribution in [0.3, 0.4) is 0 Å². The zero-order valence-electron chi connectivity index (χ0n) is 20.3. The van der Waals surface area contributed by atoms with Crippen molar-refractivity contribution < 1.29 is 19.0 Å². The molecule has 1 aliphatic carbocycles. The number of methoxy groups -OCH3 is 3. The van der Waals surface area contributed by atoms with Crippen molar-refractivity contribution in [1.29, 1.82) is 0 Å². The summed E-state index contributed by atoms with van der Waals surface area (Å²) in [6, 6.07) is 3.53. The third-order valence-corrected chi connectivity index (χ3v) is 6.62. The van der Waals surface area contributed by atoms with Gasteiger partial charge in [-0.2, -0.15) is 0 Å². The topological polar surface area (TPSA) is 56.8 Å². The van der Waals surface area contributed by atoms with Crippen molar-refractivity contribution in [2.45, 2.75) is 78.6 Å². The number of amides is 1. The van der Waals surface area contributed by atoms with E-state index in [0.717, 1.165) is 19.3 Å². The van der Waals surface area contributed by atoms with Crippen LogP contribution in [0.1, 0.15) is 78.6 Å². The summed E-state index contributed by atoms with van der Waals surface area (Å²) in [4.78, 5) is 13.4. The van der Waals surface area contributed by atoms with E-state index in [1.807, 2.05) is 0 Å². The Labute approximate surface area is 188 Å². The zero-order valence-corrected chi connectivity index (χ0v) is 20.3. The number of rotatable bonds is 12. The number of nitrogens with one attached hydrogen (secondary N) is 1. The molecule has 174 valence electrons. The van der Waals surface area contributed by atoms with E-state index in [1.54, 1.807) is 33.5 Å². The Morgan fingerprint density at radius 3 is 2.06 bits per heavy atom. The van der Waals surface area contributed by atoms with E-state index >= 15 is 0 Å². The van der Waals surface area contributed by atoms with E-state index in [-0.39, 0.29) is 11.8 Å². The van der Waals surface area contributed by atoms with Crippen LogP contribution in [0.2, 0.25) is 0 Å². The molecule has 1 aromatic rings. The number of hydrogen-bond acceptors (Lipinski definition) is 4. The maximum atomic E-state index is 13.4. The van der Waals surface area contributed by atoms with Gasteiger partial charge in [-0.3, -0.25) is 4.79 Å². The highest BCUT2D eigenvalue weighted by Gasteiger charge is 2.33. The van der Waals surface area contributed by atoms with Crippen LogP contribution in [-0.4, -0.2) is 27.2 Å². The third kappa shape index (κ3) is 6.91. The van der Waals surface area contributed by atoms with Crippen molar-refractivity contribution in [3.8, 4) is 17.2 Å². The van der Waals surface area contributed by atoms with Crippen LogP contribution in [0.15, 0.2) is 23.3 Å².